The summed E-state index contributed by atoms with van der Waals surface area (Å²) in [6, 6.07) is 16.4. The fraction of sp³-hybridized carbons (Fsp3) is 0.261. The predicted octanol–water partition coefficient (Wildman–Crippen LogP) is 3.56. The quantitative estimate of drug-likeness (QED) is 0.113. The highest BCUT2D eigenvalue weighted by Crippen LogP contribution is 2.57. The van der Waals surface area contributed by atoms with Crippen LogP contribution < -0.4 is 10.6 Å². The van der Waals surface area contributed by atoms with E-state index >= 15 is 0 Å². The molecule has 2 aromatic carbocycles. The minimum Gasteiger partial charge on any atom is -0.508 e. The number of hydrogen-bond donors (Lipinski definition) is 6. The normalized spacial score (nSPS) is 13.5. The predicted molar refractivity (Wildman–Crippen MR) is 141 cm³/mol. The molecule has 0 aliphatic carbocycles. The topological polar surface area (TPSA) is 183 Å². The molecule has 6 N–H and O–H groups in total. The number of nitrogens with one attached hydrogen (secondary N) is 2. The second kappa shape index (κ2) is 11.3. The van der Waals surface area contributed by atoms with Crippen LogP contribution in [0.2, 0.25) is 0 Å². The van der Waals surface area contributed by atoms with Crippen LogP contribution in [0.15, 0.2) is 60.9 Å². The van der Waals surface area contributed by atoms with Crippen molar-refractivity contribution in [3.05, 3.63) is 66.5 Å². The van der Waals surface area contributed by atoms with Gasteiger partial charge in [-0.15, -0.1) is 0 Å². The smallest absolute Gasteiger partial charge is 0.407 e. The number of aliphatic hydroxyl groups is 1. The standard InChI is InChI=1S/C23H26N6O6P2/c30-18-9-7-16(8-10-18)11-14-29-15-25-19-20(26-17-5-2-1-3-6-17)27-22(28-21(19)29)24-13-4-12-23(31,36-32)37(33,34)35/h1-3,5-10,15,30-31H,4,11-14H2,(H2,33,34,35)(H2,24,26,27,28)/p+1. The maximum atomic E-state index is 11.5. The van der Waals surface area contributed by atoms with E-state index in [2.05, 4.69) is 25.6 Å². The Morgan fingerprint density at radius 3 is 2.46 bits per heavy atom. The van der Waals surface area contributed by atoms with Gasteiger partial charge in [-0.1, -0.05) is 34.9 Å². The number of benzene rings is 2. The van der Waals surface area contributed by atoms with E-state index in [0.29, 0.717) is 29.9 Å². The molecule has 2 unspecified atom stereocenters. The van der Waals surface area contributed by atoms with Crippen molar-refractivity contribution in [2.75, 3.05) is 17.2 Å². The highest BCUT2D eigenvalue weighted by molar-refractivity contribution is 7.63. The molecule has 0 amide bonds. The molecule has 0 radical (unpaired) electrons. The van der Waals surface area contributed by atoms with Gasteiger partial charge in [-0.25, -0.2) is 4.98 Å². The SMILES string of the molecule is O=[PH+]C(O)(CCCNc1nc(Nc2ccccc2)c2ncn(CCc3ccc(O)cc3)c2n1)P(=O)(O)O. The van der Waals surface area contributed by atoms with E-state index in [1.54, 1.807) is 18.5 Å². The number of rotatable bonds is 12. The summed E-state index contributed by atoms with van der Waals surface area (Å²) in [5.74, 6) is 0.920. The van der Waals surface area contributed by atoms with Crippen LogP contribution in [0.4, 0.5) is 17.5 Å². The van der Waals surface area contributed by atoms with Crippen molar-refractivity contribution >= 4 is 44.7 Å². The van der Waals surface area contributed by atoms with E-state index in [4.69, 9.17) is 0 Å². The van der Waals surface area contributed by atoms with Gasteiger partial charge in [-0.3, -0.25) is 4.57 Å². The van der Waals surface area contributed by atoms with E-state index in [9.17, 15) is 29.1 Å². The van der Waals surface area contributed by atoms with Crippen molar-refractivity contribution in [1.29, 1.82) is 0 Å². The molecule has 14 heteroatoms. The van der Waals surface area contributed by atoms with Crippen LogP contribution in [-0.2, 0) is 22.1 Å². The molecule has 0 aliphatic heterocycles. The maximum Gasteiger partial charge on any atom is 0.407 e. The van der Waals surface area contributed by atoms with Crippen molar-refractivity contribution in [3.63, 3.8) is 0 Å². The van der Waals surface area contributed by atoms with Gasteiger partial charge in [0.1, 0.15) is 5.75 Å². The molecule has 0 bridgehead atoms. The van der Waals surface area contributed by atoms with Crippen LogP contribution in [-0.4, -0.2) is 51.1 Å². The Labute approximate surface area is 213 Å². The van der Waals surface area contributed by atoms with Gasteiger partial charge in [0.15, 0.2) is 17.0 Å². The number of fused-ring (bicyclic) bond motifs is 1. The summed E-state index contributed by atoms with van der Waals surface area (Å²) >= 11 is 0. The highest BCUT2D eigenvalue weighted by atomic mass is 31.2. The van der Waals surface area contributed by atoms with Gasteiger partial charge < -0.3 is 35.2 Å². The molecule has 0 saturated heterocycles. The number of para-hydroxylation sites is 1. The number of phenolic OH excluding ortho intramolecular Hbond substituents is 1. The van der Waals surface area contributed by atoms with Crippen LogP contribution in [0, 0.1) is 0 Å². The fourth-order valence-electron chi connectivity index (χ4n) is 3.64. The molecule has 0 spiro atoms. The molecule has 4 aromatic rings. The zero-order chi connectivity index (χ0) is 26.5. The molecule has 0 fully saturated rings. The Balaban J connectivity index is 1.55. The Morgan fingerprint density at radius 2 is 1.78 bits per heavy atom. The van der Waals surface area contributed by atoms with Crippen molar-refractivity contribution in [3.8, 4) is 5.75 Å². The molecule has 194 valence electrons. The van der Waals surface area contributed by atoms with Crippen LogP contribution in [0.25, 0.3) is 11.2 Å². The molecule has 2 aromatic heterocycles. The highest BCUT2D eigenvalue weighted by Gasteiger charge is 2.53. The number of aromatic nitrogens is 4. The van der Waals surface area contributed by atoms with Crippen molar-refractivity contribution < 1.29 is 29.1 Å². The van der Waals surface area contributed by atoms with E-state index in [-0.39, 0.29) is 31.1 Å². The molecule has 2 atom stereocenters. The Hall–Kier alpha value is -3.40. The van der Waals surface area contributed by atoms with E-state index < -0.39 is 21.1 Å². The first-order chi connectivity index (χ1) is 17.7. The van der Waals surface area contributed by atoms with Crippen molar-refractivity contribution in [2.45, 2.75) is 30.9 Å². The van der Waals surface area contributed by atoms with Crippen LogP contribution in [0.5, 0.6) is 5.75 Å². The van der Waals surface area contributed by atoms with Crippen molar-refractivity contribution in [1.82, 2.24) is 19.5 Å². The summed E-state index contributed by atoms with van der Waals surface area (Å²) in [5.41, 5.74) is 2.97. The van der Waals surface area contributed by atoms with E-state index in [0.717, 1.165) is 11.3 Å². The molecule has 12 nitrogen and oxygen atoms in total. The van der Waals surface area contributed by atoms with Gasteiger partial charge in [0.25, 0.3) is 0 Å². The Kier molecular flexibility index (Phi) is 8.16. The van der Waals surface area contributed by atoms with Gasteiger partial charge in [0.05, 0.1) is 6.33 Å². The second-order valence-corrected chi connectivity index (χ2v) is 11.7. The Bertz CT molecular complexity index is 1410. The monoisotopic (exact) mass is 545 g/mol. The number of hydrogen-bond acceptors (Lipinski definition) is 9. The fourth-order valence-corrected chi connectivity index (χ4v) is 4.84. The molecule has 2 heterocycles. The van der Waals surface area contributed by atoms with Crippen LogP contribution in [0.1, 0.15) is 18.4 Å². The molecule has 37 heavy (non-hydrogen) atoms. The lowest BCUT2D eigenvalue weighted by Gasteiger charge is -2.16. The molecule has 0 saturated carbocycles. The van der Waals surface area contributed by atoms with Gasteiger partial charge in [0, 0.05) is 25.2 Å². The van der Waals surface area contributed by atoms with Gasteiger partial charge in [-0.2, -0.15) is 9.97 Å². The largest absolute Gasteiger partial charge is 0.508 e. The second-order valence-electron chi connectivity index (χ2n) is 8.41. The Morgan fingerprint density at radius 1 is 1.05 bits per heavy atom. The zero-order valence-corrected chi connectivity index (χ0v) is 21.5. The molecular formula is C23H27N6O6P2+. The minimum atomic E-state index is -4.95. The van der Waals surface area contributed by atoms with E-state index in [1.807, 2.05) is 47.0 Å². The number of anilines is 3. The van der Waals surface area contributed by atoms with Gasteiger partial charge in [0.2, 0.25) is 5.95 Å². The number of aryl methyl sites for hydroxylation is 2. The van der Waals surface area contributed by atoms with E-state index in [1.165, 1.54) is 0 Å². The number of nitrogens with zero attached hydrogens (tertiary/aromatic N) is 4. The lowest BCUT2D eigenvalue weighted by atomic mass is 10.1. The summed E-state index contributed by atoms with van der Waals surface area (Å²) in [7, 11) is -6.52. The van der Waals surface area contributed by atoms with Gasteiger partial charge >= 0.3 is 21.1 Å². The summed E-state index contributed by atoms with van der Waals surface area (Å²) in [6.45, 7) is 0.743. The molecule has 4 rings (SSSR count). The lowest BCUT2D eigenvalue weighted by molar-refractivity contribution is 0.157. The zero-order valence-electron chi connectivity index (χ0n) is 19.7. The average molecular weight is 545 g/mol. The van der Waals surface area contributed by atoms with Crippen LogP contribution >= 0.6 is 16.1 Å². The number of phenols is 1. The maximum absolute atomic E-state index is 11.5. The first kappa shape index (κ1) is 26.7. The number of aromatic hydroxyl groups is 1. The lowest BCUT2D eigenvalue weighted by Crippen LogP contribution is -2.22. The summed E-state index contributed by atoms with van der Waals surface area (Å²) in [4.78, 5) is 32.2. The third-order valence-electron chi connectivity index (χ3n) is 5.71. The summed E-state index contributed by atoms with van der Waals surface area (Å²) in [5, 5.41) is 23.2. The molecule has 0 aliphatic rings. The third-order valence-corrected chi connectivity index (χ3v) is 8.62. The summed E-state index contributed by atoms with van der Waals surface area (Å²) < 4.78 is 24.6. The van der Waals surface area contributed by atoms with Gasteiger partial charge in [-0.05, 0) is 42.7 Å². The van der Waals surface area contributed by atoms with Crippen molar-refractivity contribution in [2.24, 2.45) is 0 Å². The first-order valence-electron chi connectivity index (χ1n) is 11.4. The molecular weight excluding hydrogens is 518 g/mol. The summed E-state index contributed by atoms with van der Waals surface area (Å²) in [6.07, 6.45) is 2.10. The van der Waals surface area contributed by atoms with Crippen LogP contribution in [0.3, 0.4) is 0 Å². The number of imidazole rings is 1. The first-order valence-corrected chi connectivity index (χ1v) is 13.9. The third kappa shape index (κ3) is 6.49. The average Bonchev–Trinajstić information content (AvgIpc) is 3.29. The minimum absolute atomic E-state index is 0.111.